The molecule has 3 rings (SSSR count). The number of benzene rings is 2. The molecule has 2 aromatic carbocycles. The lowest BCUT2D eigenvalue weighted by Gasteiger charge is -2.14. The van der Waals surface area contributed by atoms with Crippen molar-refractivity contribution in [3.8, 4) is 11.5 Å². The van der Waals surface area contributed by atoms with Crippen molar-refractivity contribution in [1.29, 1.82) is 0 Å². The second-order valence-corrected chi connectivity index (χ2v) is 8.98. The standard InChI is InChI=1S/C21H16ClFINO6S/c1-2-30-16-7-11(6-15(24)19(16)31-10-18(26)27)8-17-20(28)25(21(29)32-17)9-12-13(22)4-3-5-14(12)23/h3-8H,2,9-10H2,1H3,(H,26,27)/b17-8-. The lowest BCUT2D eigenvalue weighted by molar-refractivity contribution is -0.139. The number of carbonyl (C=O) groups is 3. The van der Waals surface area contributed by atoms with Crippen LogP contribution in [0.1, 0.15) is 18.1 Å². The van der Waals surface area contributed by atoms with Gasteiger partial charge in [-0.15, -0.1) is 0 Å². The van der Waals surface area contributed by atoms with E-state index < -0.39 is 29.5 Å². The number of aliphatic carboxylic acids is 1. The van der Waals surface area contributed by atoms with Gasteiger partial charge in [0.05, 0.1) is 21.6 Å². The van der Waals surface area contributed by atoms with Crippen molar-refractivity contribution < 1.29 is 33.4 Å². The molecule has 0 saturated carbocycles. The van der Waals surface area contributed by atoms with Gasteiger partial charge in [0.25, 0.3) is 11.1 Å². The van der Waals surface area contributed by atoms with Gasteiger partial charge in [-0.2, -0.15) is 0 Å². The molecule has 0 radical (unpaired) electrons. The van der Waals surface area contributed by atoms with Crippen molar-refractivity contribution in [1.82, 2.24) is 4.90 Å². The first-order chi connectivity index (χ1) is 15.2. The molecule has 32 heavy (non-hydrogen) atoms. The van der Waals surface area contributed by atoms with Crippen LogP contribution in [0.4, 0.5) is 9.18 Å². The van der Waals surface area contributed by atoms with Crippen molar-refractivity contribution in [2.45, 2.75) is 13.5 Å². The Balaban J connectivity index is 1.88. The van der Waals surface area contributed by atoms with Crippen LogP contribution in [0.25, 0.3) is 6.08 Å². The molecule has 2 aromatic rings. The third-order valence-electron chi connectivity index (χ3n) is 4.22. The Bertz CT molecular complexity index is 1110. The van der Waals surface area contributed by atoms with Gasteiger partial charge < -0.3 is 14.6 Å². The van der Waals surface area contributed by atoms with Crippen LogP contribution >= 0.6 is 46.0 Å². The Hall–Kier alpha value is -2.31. The van der Waals surface area contributed by atoms with Gasteiger partial charge in [-0.05, 0) is 77.2 Å². The average molecular weight is 592 g/mol. The van der Waals surface area contributed by atoms with Crippen LogP contribution in [-0.4, -0.2) is 40.3 Å². The molecule has 1 N–H and O–H groups in total. The average Bonchev–Trinajstić information content (AvgIpc) is 2.97. The van der Waals surface area contributed by atoms with E-state index in [2.05, 4.69) is 0 Å². The number of thioether (sulfide) groups is 1. The molecule has 11 heteroatoms. The molecule has 1 aliphatic rings. The molecule has 168 valence electrons. The van der Waals surface area contributed by atoms with Crippen LogP contribution in [0, 0.1) is 9.39 Å². The van der Waals surface area contributed by atoms with Crippen molar-refractivity contribution in [2.24, 2.45) is 0 Å². The zero-order chi connectivity index (χ0) is 23.4. The van der Waals surface area contributed by atoms with Crippen molar-refractivity contribution >= 4 is 69.1 Å². The molecular formula is C21H16ClFINO6S. The number of carboxylic acid groups (broad SMARTS) is 1. The van der Waals surface area contributed by atoms with Crippen LogP contribution in [0.15, 0.2) is 35.2 Å². The number of halogens is 3. The highest BCUT2D eigenvalue weighted by Gasteiger charge is 2.36. The minimum atomic E-state index is -1.13. The number of carboxylic acids is 1. The van der Waals surface area contributed by atoms with Crippen LogP contribution in [0.5, 0.6) is 11.5 Å². The van der Waals surface area contributed by atoms with Gasteiger partial charge >= 0.3 is 5.97 Å². The number of ether oxygens (including phenoxy) is 2. The van der Waals surface area contributed by atoms with E-state index in [0.29, 0.717) is 21.5 Å². The van der Waals surface area contributed by atoms with Gasteiger partial charge in [0.2, 0.25) is 0 Å². The van der Waals surface area contributed by atoms with Crippen LogP contribution in [0.2, 0.25) is 5.02 Å². The van der Waals surface area contributed by atoms with Crippen molar-refractivity contribution in [2.75, 3.05) is 13.2 Å². The fraction of sp³-hybridized carbons (Fsp3) is 0.190. The smallest absolute Gasteiger partial charge is 0.341 e. The maximum absolute atomic E-state index is 14.1. The molecule has 1 saturated heterocycles. The van der Waals surface area contributed by atoms with E-state index in [0.717, 1.165) is 16.7 Å². The summed E-state index contributed by atoms with van der Waals surface area (Å²) in [5.74, 6) is -1.72. The summed E-state index contributed by atoms with van der Waals surface area (Å²) in [6, 6.07) is 7.39. The molecular weight excluding hydrogens is 576 g/mol. The Labute approximate surface area is 205 Å². The Morgan fingerprint density at radius 2 is 2.06 bits per heavy atom. The number of imide groups is 1. The zero-order valence-corrected chi connectivity index (χ0v) is 20.3. The summed E-state index contributed by atoms with van der Waals surface area (Å²) in [6.07, 6.45) is 1.51. The Morgan fingerprint density at radius 3 is 2.72 bits per heavy atom. The van der Waals surface area contributed by atoms with Gasteiger partial charge in [-0.25, -0.2) is 9.18 Å². The van der Waals surface area contributed by atoms with E-state index in [1.165, 1.54) is 24.3 Å². The van der Waals surface area contributed by atoms with Crippen LogP contribution in [-0.2, 0) is 16.1 Å². The summed E-state index contributed by atoms with van der Waals surface area (Å²) < 4.78 is 25.5. The van der Waals surface area contributed by atoms with E-state index in [4.69, 9.17) is 26.2 Å². The van der Waals surface area contributed by atoms with Gasteiger partial charge in [0, 0.05) is 10.6 Å². The minimum Gasteiger partial charge on any atom is -0.490 e. The highest BCUT2D eigenvalue weighted by molar-refractivity contribution is 14.1. The summed E-state index contributed by atoms with van der Waals surface area (Å²) in [6.45, 7) is 1.26. The third kappa shape index (κ3) is 5.54. The highest BCUT2D eigenvalue weighted by Crippen LogP contribution is 2.38. The lowest BCUT2D eigenvalue weighted by atomic mass is 10.1. The predicted octanol–water partition coefficient (Wildman–Crippen LogP) is 5.18. The normalized spacial score (nSPS) is 14.9. The molecule has 2 amide bonds. The van der Waals surface area contributed by atoms with Crippen molar-refractivity contribution in [3.63, 3.8) is 0 Å². The monoisotopic (exact) mass is 591 g/mol. The zero-order valence-electron chi connectivity index (χ0n) is 16.6. The number of nitrogens with zero attached hydrogens (tertiary/aromatic N) is 1. The molecule has 1 fully saturated rings. The topological polar surface area (TPSA) is 93.1 Å². The third-order valence-corrected chi connectivity index (χ3v) is 6.28. The van der Waals surface area contributed by atoms with Gasteiger partial charge in [0.15, 0.2) is 18.1 Å². The first-order valence-corrected chi connectivity index (χ1v) is 11.5. The summed E-state index contributed by atoms with van der Waals surface area (Å²) in [5, 5.41) is 8.45. The quantitative estimate of drug-likeness (QED) is 0.334. The summed E-state index contributed by atoms with van der Waals surface area (Å²) in [7, 11) is 0. The maximum Gasteiger partial charge on any atom is 0.341 e. The number of carbonyl (C=O) groups excluding carboxylic acids is 2. The van der Waals surface area contributed by atoms with E-state index in [1.807, 2.05) is 22.6 Å². The molecule has 0 spiro atoms. The minimum absolute atomic E-state index is 0.0610. The van der Waals surface area contributed by atoms with Gasteiger partial charge in [-0.1, -0.05) is 17.7 Å². The summed E-state index contributed by atoms with van der Waals surface area (Å²) >= 11 is 8.72. The molecule has 0 aliphatic carbocycles. The van der Waals surface area contributed by atoms with E-state index in [1.54, 1.807) is 19.1 Å². The van der Waals surface area contributed by atoms with Gasteiger partial charge in [0.1, 0.15) is 5.82 Å². The fourth-order valence-electron chi connectivity index (χ4n) is 2.84. The molecule has 0 aromatic heterocycles. The predicted molar refractivity (Wildman–Crippen MR) is 126 cm³/mol. The number of hydrogen-bond acceptors (Lipinski definition) is 6. The molecule has 1 aliphatic heterocycles. The number of rotatable bonds is 8. The molecule has 0 unspecified atom stereocenters. The summed E-state index contributed by atoms with van der Waals surface area (Å²) in [5.41, 5.74) is 0.612. The Morgan fingerprint density at radius 1 is 1.31 bits per heavy atom. The second kappa shape index (κ2) is 10.5. The lowest BCUT2D eigenvalue weighted by Crippen LogP contribution is -2.28. The Kier molecular flexibility index (Phi) is 8.01. The first kappa shape index (κ1) is 24.3. The second-order valence-electron chi connectivity index (χ2n) is 6.41. The van der Waals surface area contributed by atoms with Gasteiger partial charge in [-0.3, -0.25) is 14.5 Å². The summed E-state index contributed by atoms with van der Waals surface area (Å²) in [4.78, 5) is 37.1. The highest BCUT2D eigenvalue weighted by atomic mass is 127. The molecule has 0 atom stereocenters. The van der Waals surface area contributed by atoms with E-state index in [9.17, 15) is 18.8 Å². The maximum atomic E-state index is 14.1. The molecule has 0 bridgehead atoms. The molecule has 7 nitrogen and oxygen atoms in total. The fourth-order valence-corrected chi connectivity index (χ4v) is 4.68. The van der Waals surface area contributed by atoms with Crippen LogP contribution in [0.3, 0.4) is 0 Å². The SMILES string of the molecule is CCOc1cc(/C=C2\SC(=O)N(Cc3c(F)cccc3Cl)C2=O)cc(I)c1OCC(=O)O. The van der Waals surface area contributed by atoms with E-state index in [-0.39, 0.29) is 27.8 Å². The largest absolute Gasteiger partial charge is 0.490 e. The number of amides is 2. The number of hydrogen-bond donors (Lipinski definition) is 1. The van der Waals surface area contributed by atoms with E-state index >= 15 is 0 Å². The first-order valence-electron chi connectivity index (χ1n) is 9.20. The van der Waals surface area contributed by atoms with Crippen LogP contribution < -0.4 is 9.47 Å². The molecule has 1 heterocycles. The van der Waals surface area contributed by atoms with Crippen molar-refractivity contribution in [3.05, 3.63) is 60.8 Å².